The number of phenols is 1. The average Bonchev–Trinajstić information content (AvgIpc) is 2.96. The second kappa shape index (κ2) is 12.0. The smallest absolute Gasteiger partial charge is 0.129 e. The van der Waals surface area contributed by atoms with Gasteiger partial charge in [-0.05, 0) is 102 Å². The molecular formula is C33H44FN3O. The van der Waals surface area contributed by atoms with E-state index < -0.39 is 0 Å². The number of aromatic nitrogens is 1. The van der Waals surface area contributed by atoms with Crippen LogP contribution in [0.25, 0.3) is 11.8 Å². The molecule has 0 bridgehead atoms. The highest BCUT2D eigenvalue weighted by molar-refractivity contribution is 5.82. The first-order valence-electron chi connectivity index (χ1n) is 14.7. The lowest BCUT2D eigenvalue weighted by Crippen LogP contribution is -2.48. The van der Waals surface area contributed by atoms with Gasteiger partial charge in [0.15, 0.2) is 0 Å². The van der Waals surface area contributed by atoms with Gasteiger partial charge in [0.1, 0.15) is 11.2 Å². The van der Waals surface area contributed by atoms with E-state index in [1.165, 1.54) is 60.8 Å². The van der Waals surface area contributed by atoms with Crippen LogP contribution in [0.5, 0.6) is 5.75 Å². The van der Waals surface area contributed by atoms with Crippen LogP contribution >= 0.6 is 0 Å². The molecule has 38 heavy (non-hydrogen) atoms. The molecule has 0 amide bonds. The molecule has 4 nitrogen and oxygen atoms in total. The molecule has 1 saturated heterocycles. The summed E-state index contributed by atoms with van der Waals surface area (Å²) in [7, 11) is 0. The number of pyridine rings is 1. The minimum Gasteiger partial charge on any atom is -0.508 e. The number of phenolic OH excluding ortho intramolecular Hbond substituents is 1. The maximum absolute atomic E-state index is 12.8. The van der Waals surface area contributed by atoms with Crippen molar-refractivity contribution in [1.82, 2.24) is 9.47 Å². The van der Waals surface area contributed by atoms with Crippen molar-refractivity contribution in [2.24, 2.45) is 23.7 Å². The van der Waals surface area contributed by atoms with E-state index in [1.54, 1.807) is 0 Å². The monoisotopic (exact) mass is 517 g/mol. The van der Waals surface area contributed by atoms with E-state index in [0.717, 1.165) is 44.0 Å². The molecule has 1 aromatic heterocycles. The summed E-state index contributed by atoms with van der Waals surface area (Å²) in [5, 5.41) is 19.1. The molecule has 3 unspecified atom stereocenters. The number of nitrogens with zero attached hydrogens (tertiary/aromatic N) is 2. The lowest BCUT2D eigenvalue weighted by molar-refractivity contribution is 0.0913. The van der Waals surface area contributed by atoms with Gasteiger partial charge in [-0.2, -0.15) is 0 Å². The van der Waals surface area contributed by atoms with Crippen LogP contribution in [0.2, 0.25) is 0 Å². The Labute approximate surface area is 227 Å². The average molecular weight is 518 g/mol. The zero-order valence-electron chi connectivity index (χ0n) is 23.1. The van der Waals surface area contributed by atoms with Crippen LogP contribution in [0.4, 0.5) is 4.39 Å². The summed E-state index contributed by atoms with van der Waals surface area (Å²) in [6.07, 6.45) is 16.4. The molecule has 2 fully saturated rings. The van der Waals surface area contributed by atoms with Crippen LogP contribution in [0.3, 0.4) is 0 Å². The second-order valence-electron chi connectivity index (χ2n) is 12.2. The van der Waals surface area contributed by atoms with Crippen LogP contribution in [-0.4, -0.2) is 40.9 Å². The molecule has 5 heteroatoms. The fraction of sp³-hybridized carbons (Fsp3) is 0.545. The molecule has 3 atom stereocenters. The number of rotatable bonds is 6. The minimum atomic E-state index is -0.231. The van der Waals surface area contributed by atoms with Crippen molar-refractivity contribution in [3.8, 4) is 5.75 Å². The Morgan fingerprint density at radius 2 is 1.87 bits per heavy atom. The molecule has 1 aromatic carbocycles. The van der Waals surface area contributed by atoms with Crippen LogP contribution < -0.4 is 5.49 Å². The number of alkyl halides is 1. The Kier molecular flexibility index (Phi) is 8.52. The Bertz CT molecular complexity index is 1240. The van der Waals surface area contributed by atoms with E-state index in [-0.39, 0.29) is 12.6 Å². The lowest BCUT2D eigenvalue weighted by Gasteiger charge is -2.37. The lowest BCUT2D eigenvalue weighted by atomic mass is 9.71. The fourth-order valence-electron chi connectivity index (χ4n) is 7.03. The topological polar surface area (TPSA) is 52.3 Å². The first-order chi connectivity index (χ1) is 18.4. The number of hydrogen-bond acceptors (Lipinski definition) is 3. The number of benzene rings is 1. The van der Waals surface area contributed by atoms with Gasteiger partial charge in [-0.15, -0.1) is 0 Å². The number of aryl methyl sites for hydroxylation is 1. The van der Waals surface area contributed by atoms with E-state index >= 15 is 0 Å². The third-order valence-corrected chi connectivity index (χ3v) is 9.10. The molecule has 204 valence electrons. The highest BCUT2D eigenvalue weighted by Gasteiger charge is 2.29. The fourth-order valence-corrected chi connectivity index (χ4v) is 7.03. The maximum atomic E-state index is 12.8. The van der Waals surface area contributed by atoms with Crippen LogP contribution in [-0.2, 0) is 6.42 Å². The van der Waals surface area contributed by atoms with Crippen LogP contribution in [0.1, 0.15) is 75.5 Å². The van der Waals surface area contributed by atoms with Gasteiger partial charge in [0, 0.05) is 37.9 Å². The first-order valence-corrected chi connectivity index (χ1v) is 14.7. The first kappa shape index (κ1) is 26.9. The minimum absolute atomic E-state index is 0.188. The summed E-state index contributed by atoms with van der Waals surface area (Å²) in [6.45, 7) is 6.75. The van der Waals surface area contributed by atoms with Gasteiger partial charge in [-0.1, -0.05) is 44.7 Å². The van der Waals surface area contributed by atoms with Crippen molar-refractivity contribution in [2.45, 2.75) is 65.2 Å². The Hall–Kier alpha value is -2.66. The molecule has 2 aromatic rings. The van der Waals surface area contributed by atoms with E-state index in [4.69, 9.17) is 5.41 Å². The quantitative estimate of drug-likeness (QED) is 0.432. The van der Waals surface area contributed by atoms with Gasteiger partial charge in [-0.25, -0.2) is 0 Å². The number of likely N-dealkylation sites (tertiary alicyclic amines) is 1. The Morgan fingerprint density at radius 1 is 1.08 bits per heavy atom. The van der Waals surface area contributed by atoms with Crippen molar-refractivity contribution >= 4 is 11.8 Å². The third-order valence-electron chi connectivity index (χ3n) is 9.10. The predicted octanol–water partition coefficient (Wildman–Crippen LogP) is 7.04. The van der Waals surface area contributed by atoms with E-state index in [0.29, 0.717) is 23.1 Å². The molecule has 1 aliphatic heterocycles. The molecule has 2 aliphatic carbocycles. The summed E-state index contributed by atoms with van der Waals surface area (Å²) in [4.78, 5) is 2.26. The van der Waals surface area contributed by atoms with E-state index in [2.05, 4.69) is 37.0 Å². The highest BCUT2D eigenvalue weighted by atomic mass is 19.1. The molecule has 3 aliphatic rings. The summed E-state index contributed by atoms with van der Waals surface area (Å²) < 4.78 is 14.7. The molecule has 2 N–H and O–H groups in total. The Balaban J connectivity index is 1.48. The third kappa shape index (κ3) is 6.14. The summed E-state index contributed by atoms with van der Waals surface area (Å²) in [5.41, 5.74) is 6.31. The normalized spacial score (nSPS) is 25.5. The molecule has 2 heterocycles. The molecule has 1 saturated carbocycles. The van der Waals surface area contributed by atoms with Crippen molar-refractivity contribution in [3.05, 3.63) is 70.4 Å². The van der Waals surface area contributed by atoms with Gasteiger partial charge in [-0.3, -0.25) is 14.7 Å². The van der Waals surface area contributed by atoms with Crippen molar-refractivity contribution in [3.63, 3.8) is 0 Å². The van der Waals surface area contributed by atoms with Gasteiger partial charge >= 0.3 is 0 Å². The van der Waals surface area contributed by atoms with Crippen LogP contribution in [0.15, 0.2) is 48.2 Å². The predicted molar refractivity (Wildman–Crippen MR) is 153 cm³/mol. The number of allylic oxidation sites excluding steroid dienone is 1. The van der Waals surface area contributed by atoms with Gasteiger partial charge in [0.25, 0.3) is 0 Å². The van der Waals surface area contributed by atoms with E-state index in [1.807, 2.05) is 35.2 Å². The zero-order chi connectivity index (χ0) is 26.6. The summed E-state index contributed by atoms with van der Waals surface area (Å²) in [5.74, 6) is 2.51. The molecule has 0 spiro atoms. The van der Waals surface area contributed by atoms with Gasteiger partial charge in [0.2, 0.25) is 0 Å². The van der Waals surface area contributed by atoms with Crippen LogP contribution in [0, 0.1) is 29.1 Å². The molecule has 5 rings (SSSR count). The highest BCUT2D eigenvalue weighted by Crippen LogP contribution is 2.41. The molecule has 0 radical (unpaired) electrons. The number of fused-ring (bicyclic) bond motifs is 1. The SMILES string of the molecule is C/C(=C\n1ccc(C2=CC(C3CCCCC3C)CCCCc3cc(O)ccc32)cc1=N)CN1CC(CF)C1. The largest absolute Gasteiger partial charge is 0.508 e. The number of nitrogens with one attached hydrogen (secondary N) is 1. The second-order valence-corrected chi connectivity index (χ2v) is 12.2. The number of halogens is 1. The van der Waals surface area contributed by atoms with Gasteiger partial charge < -0.3 is 9.67 Å². The van der Waals surface area contributed by atoms with Crippen molar-refractivity contribution in [2.75, 3.05) is 26.3 Å². The zero-order valence-corrected chi connectivity index (χ0v) is 23.1. The number of hydrogen-bond donors (Lipinski definition) is 2. The standard InChI is InChI=1S/C33H44FN3O/c1-23(19-36-21-25(18-34)22-36)20-37-14-13-28(17-33(37)35)32-16-27(30-10-6-3-7-24(30)2)9-5-4-8-26-15-29(38)11-12-31(26)32/h11-17,20,24-25,27,30,35,38H,3-10,18-19,21-22H2,1-2H3/b23-20+,32-16?,35-33?. The van der Waals surface area contributed by atoms with E-state index in [9.17, 15) is 9.50 Å². The maximum Gasteiger partial charge on any atom is 0.129 e. The number of aromatic hydroxyl groups is 1. The van der Waals surface area contributed by atoms with Crippen molar-refractivity contribution in [1.29, 1.82) is 5.41 Å². The van der Waals surface area contributed by atoms with Crippen molar-refractivity contribution < 1.29 is 9.50 Å². The Morgan fingerprint density at radius 3 is 2.63 bits per heavy atom. The summed E-state index contributed by atoms with van der Waals surface area (Å²) in [6, 6.07) is 9.96. The molecular weight excluding hydrogens is 473 g/mol. The van der Waals surface area contributed by atoms with Gasteiger partial charge in [0.05, 0.1) is 6.67 Å². The summed E-state index contributed by atoms with van der Waals surface area (Å²) >= 11 is 0.